The van der Waals surface area contributed by atoms with E-state index in [2.05, 4.69) is 10.1 Å². The van der Waals surface area contributed by atoms with E-state index in [1.807, 2.05) is 0 Å². The van der Waals surface area contributed by atoms with E-state index in [0.717, 1.165) is 0 Å². The minimum absolute atomic E-state index is 0.223. The highest BCUT2D eigenvalue weighted by molar-refractivity contribution is 6.31. The highest BCUT2D eigenvalue weighted by Gasteiger charge is 2.21. The molecule has 124 valence electrons. The normalized spacial score (nSPS) is 11.2. The number of aromatic amines is 1. The summed E-state index contributed by atoms with van der Waals surface area (Å²) >= 11 is 6.14. The summed E-state index contributed by atoms with van der Waals surface area (Å²) in [5, 5.41) is 4.95. The monoisotopic (exact) mass is 354 g/mol. The molecule has 0 aliphatic carbocycles. The second-order valence-corrected chi connectivity index (χ2v) is 6.14. The van der Waals surface area contributed by atoms with Crippen molar-refractivity contribution in [2.75, 3.05) is 0 Å². The van der Waals surface area contributed by atoms with Gasteiger partial charge < -0.3 is 9.51 Å². The van der Waals surface area contributed by atoms with E-state index < -0.39 is 5.82 Å². The maximum Gasteiger partial charge on any atom is 0.260 e. The molecule has 0 radical (unpaired) electrons. The summed E-state index contributed by atoms with van der Waals surface area (Å²) in [4.78, 5) is 15.5. The minimum atomic E-state index is -0.438. The Labute approximate surface area is 146 Å². The third kappa shape index (κ3) is 2.62. The highest BCUT2D eigenvalue weighted by atomic mass is 35.5. The van der Waals surface area contributed by atoms with Crippen LogP contribution in [0.1, 0.15) is 5.69 Å². The first-order valence-electron chi connectivity index (χ1n) is 7.59. The van der Waals surface area contributed by atoms with Crippen LogP contribution < -0.4 is 5.56 Å². The largest absolute Gasteiger partial charge is 0.356 e. The number of fused-ring (bicyclic) bond motifs is 1. The van der Waals surface area contributed by atoms with Gasteiger partial charge in [0.1, 0.15) is 5.82 Å². The van der Waals surface area contributed by atoms with Gasteiger partial charge in [0.15, 0.2) is 5.76 Å². The Kier molecular flexibility index (Phi) is 3.66. The summed E-state index contributed by atoms with van der Waals surface area (Å²) in [6, 6.07) is 13.0. The standard InChI is InChI=1S/C19H12ClFN2O2/c1-10-8-16(25-23-10)18-17(12-4-2-3-5-14(12)21)13-9-11(20)6-7-15(13)22-19(18)24/h2-9H,1H3,(H,22,24). The number of nitrogens with zero attached hydrogens (tertiary/aromatic N) is 1. The van der Waals surface area contributed by atoms with Gasteiger partial charge in [-0.15, -0.1) is 0 Å². The van der Waals surface area contributed by atoms with Crippen LogP contribution in [0.3, 0.4) is 0 Å². The first-order chi connectivity index (χ1) is 12.0. The van der Waals surface area contributed by atoms with Gasteiger partial charge in [-0.05, 0) is 31.2 Å². The summed E-state index contributed by atoms with van der Waals surface area (Å²) in [6.07, 6.45) is 0. The Bertz CT molecular complexity index is 1160. The average molecular weight is 355 g/mol. The van der Waals surface area contributed by atoms with Gasteiger partial charge in [0.05, 0.1) is 11.3 Å². The molecule has 0 aliphatic heterocycles. The fourth-order valence-electron chi connectivity index (χ4n) is 2.93. The quantitative estimate of drug-likeness (QED) is 0.554. The van der Waals surface area contributed by atoms with Gasteiger partial charge in [-0.25, -0.2) is 4.39 Å². The molecule has 0 unspecified atom stereocenters. The molecule has 0 fully saturated rings. The number of aromatic nitrogens is 2. The number of aryl methyl sites for hydroxylation is 1. The number of nitrogens with one attached hydrogen (secondary N) is 1. The first kappa shape index (κ1) is 15.6. The van der Waals surface area contributed by atoms with Crippen molar-refractivity contribution in [2.45, 2.75) is 6.92 Å². The van der Waals surface area contributed by atoms with Crippen LogP contribution in [0.25, 0.3) is 33.4 Å². The van der Waals surface area contributed by atoms with Crippen molar-refractivity contribution in [1.29, 1.82) is 0 Å². The van der Waals surface area contributed by atoms with E-state index in [9.17, 15) is 9.18 Å². The summed E-state index contributed by atoms with van der Waals surface area (Å²) in [7, 11) is 0. The average Bonchev–Trinajstić information content (AvgIpc) is 3.01. The zero-order valence-electron chi connectivity index (χ0n) is 13.1. The zero-order valence-corrected chi connectivity index (χ0v) is 13.9. The van der Waals surface area contributed by atoms with Crippen molar-refractivity contribution in [1.82, 2.24) is 10.1 Å². The van der Waals surface area contributed by atoms with E-state index >= 15 is 0 Å². The highest BCUT2D eigenvalue weighted by Crippen LogP contribution is 2.37. The lowest BCUT2D eigenvalue weighted by Gasteiger charge is -2.12. The summed E-state index contributed by atoms with van der Waals surface area (Å²) in [6.45, 7) is 1.75. The van der Waals surface area contributed by atoms with Gasteiger partial charge in [0, 0.05) is 33.1 Å². The van der Waals surface area contributed by atoms with Crippen molar-refractivity contribution in [3.8, 4) is 22.5 Å². The van der Waals surface area contributed by atoms with Crippen LogP contribution in [-0.4, -0.2) is 10.1 Å². The maximum atomic E-state index is 14.5. The van der Waals surface area contributed by atoms with Crippen LogP contribution >= 0.6 is 11.6 Å². The molecular weight excluding hydrogens is 343 g/mol. The lowest BCUT2D eigenvalue weighted by atomic mass is 9.94. The van der Waals surface area contributed by atoms with Crippen molar-refractivity contribution >= 4 is 22.5 Å². The van der Waals surface area contributed by atoms with Crippen molar-refractivity contribution in [2.24, 2.45) is 0 Å². The minimum Gasteiger partial charge on any atom is -0.356 e. The van der Waals surface area contributed by atoms with Crippen LogP contribution in [-0.2, 0) is 0 Å². The molecule has 1 N–H and O–H groups in total. The van der Waals surface area contributed by atoms with E-state index in [0.29, 0.717) is 32.7 Å². The second kappa shape index (κ2) is 5.86. The molecule has 4 nitrogen and oxygen atoms in total. The van der Waals surface area contributed by atoms with Crippen molar-refractivity contribution in [3.05, 3.63) is 75.4 Å². The Balaban J connectivity index is 2.21. The van der Waals surface area contributed by atoms with Gasteiger partial charge >= 0.3 is 0 Å². The van der Waals surface area contributed by atoms with E-state index in [4.69, 9.17) is 16.1 Å². The molecular formula is C19H12ClFN2O2. The molecule has 0 amide bonds. The van der Waals surface area contributed by atoms with Crippen molar-refractivity contribution < 1.29 is 8.91 Å². The van der Waals surface area contributed by atoms with Gasteiger partial charge in [0.2, 0.25) is 0 Å². The Morgan fingerprint density at radius 1 is 1.12 bits per heavy atom. The molecule has 0 aliphatic rings. The predicted octanol–water partition coefficient (Wildman–Crippen LogP) is 4.95. The second-order valence-electron chi connectivity index (χ2n) is 5.71. The first-order valence-corrected chi connectivity index (χ1v) is 7.96. The molecule has 0 spiro atoms. The Morgan fingerprint density at radius 2 is 1.92 bits per heavy atom. The number of rotatable bonds is 2. The Morgan fingerprint density at radius 3 is 2.64 bits per heavy atom. The molecule has 2 aromatic heterocycles. The third-order valence-corrected chi connectivity index (χ3v) is 4.23. The van der Waals surface area contributed by atoms with E-state index in [1.165, 1.54) is 6.07 Å². The molecule has 2 heterocycles. The lowest BCUT2D eigenvalue weighted by molar-refractivity contribution is 0.427. The lowest BCUT2D eigenvalue weighted by Crippen LogP contribution is -2.11. The maximum absolute atomic E-state index is 14.5. The molecule has 25 heavy (non-hydrogen) atoms. The van der Waals surface area contributed by atoms with Gasteiger partial charge in [-0.2, -0.15) is 0 Å². The molecule has 0 saturated heterocycles. The number of hydrogen-bond acceptors (Lipinski definition) is 3. The number of halogens is 2. The molecule has 2 aromatic carbocycles. The Hall–Kier alpha value is -2.92. The molecule has 0 saturated carbocycles. The molecule has 6 heteroatoms. The summed E-state index contributed by atoms with van der Waals surface area (Å²) in [5.74, 6) is -0.161. The van der Waals surface area contributed by atoms with Crippen LogP contribution in [0, 0.1) is 12.7 Å². The van der Waals surface area contributed by atoms with Crippen LogP contribution in [0.4, 0.5) is 4.39 Å². The van der Waals surface area contributed by atoms with Crippen LogP contribution in [0.5, 0.6) is 0 Å². The zero-order chi connectivity index (χ0) is 17.6. The topological polar surface area (TPSA) is 58.9 Å². The fraction of sp³-hybridized carbons (Fsp3) is 0.0526. The smallest absolute Gasteiger partial charge is 0.260 e. The predicted molar refractivity (Wildman–Crippen MR) is 95.2 cm³/mol. The SMILES string of the molecule is Cc1cc(-c2c(-c3ccccc3F)c3cc(Cl)ccc3[nH]c2=O)on1. The number of pyridine rings is 1. The van der Waals surface area contributed by atoms with E-state index in [1.54, 1.807) is 49.4 Å². The summed E-state index contributed by atoms with van der Waals surface area (Å²) < 4.78 is 19.8. The number of hydrogen-bond donors (Lipinski definition) is 1. The van der Waals surface area contributed by atoms with Gasteiger partial charge in [-0.3, -0.25) is 4.79 Å². The van der Waals surface area contributed by atoms with Crippen LogP contribution in [0.2, 0.25) is 5.02 Å². The number of H-pyrrole nitrogens is 1. The van der Waals surface area contributed by atoms with Gasteiger partial charge in [0.25, 0.3) is 5.56 Å². The van der Waals surface area contributed by atoms with E-state index in [-0.39, 0.29) is 16.9 Å². The summed E-state index contributed by atoms with van der Waals surface area (Å²) in [5.41, 5.74) is 1.75. The fourth-order valence-corrected chi connectivity index (χ4v) is 3.10. The van der Waals surface area contributed by atoms with Gasteiger partial charge in [-0.1, -0.05) is 35.0 Å². The van der Waals surface area contributed by atoms with Crippen molar-refractivity contribution in [3.63, 3.8) is 0 Å². The molecule has 4 rings (SSSR count). The molecule has 4 aromatic rings. The van der Waals surface area contributed by atoms with Crippen LogP contribution in [0.15, 0.2) is 57.8 Å². The number of benzene rings is 2. The molecule has 0 bridgehead atoms. The molecule has 0 atom stereocenters. The third-order valence-electron chi connectivity index (χ3n) is 3.99.